The molecule has 96 valence electrons. The summed E-state index contributed by atoms with van der Waals surface area (Å²) in [5, 5.41) is 20.4. The summed E-state index contributed by atoms with van der Waals surface area (Å²) < 4.78 is 4.85. The van der Waals surface area contributed by atoms with E-state index in [1.165, 1.54) is 37.3 Å². The molecule has 18 heavy (non-hydrogen) atoms. The minimum absolute atomic E-state index is 0.0754. The quantitative estimate of drug-likeness (QED) is 0.372. The SMILES string of the molecule is C=C[C@H](OC(C)=O)[C@@H](O)c1ccc([N+](=O)[O-])cc1. The van der Waals surface area contributed by atoms with Crippen LogP contribution >= 0.6 is 0 Å². The number of nitro groups is 1. The number of benzene rings is 1. The van der Waals surface area contributed by atoms with Crippen molar-refractivity contribution in [3.05, 3.63) is 52.6 Å². The van der Waals surface area contributed by atoms with Crippen LogP contribution in [0.25, 0.3) is 0 Å². The van der Waals surface area contributed by atoms with Crippen molar-refractivity contribution in [3.63, 3.8) is 0 Å². The Labute approximate surface area is 104 Å². The van der Waals surface area contributed by atoms with E-state index in [9.17, 15) is 20.0 Å². The van der Waals surface area contributed by atoms with Crippen LogP contribution in [-0.2, 0) is 9.53 Å². The zero-order chi connectivity index (χ0) is 13.7. The predicted molar refractivity (Wildman–Crippen MR) is 63.8 cm³/mol. The topological polar surface area (TPSA) is 89.7 Å². The Kier molecular flexibility index (Phi) is 4.56. The molecule has 0 aliphatic rings. The molecular weight excluding hydrogens is 238 g/mol. The van der Waals surface area contributed by atoms with Crippen molar-refractivity contribution in [1.29, 1.82) is 0 Å². The van der Waals surface area contributed by atoms with E-state index >= 15 is 0 Å². The van der Waals surface area contributed by atoms with Gasteiger partial charge in [0.1, 0.15) is 12.2 Å². The maximum Gasteiger partial charge on any atom is 0.303 e. The van der Waals surface area contributed by atoms with Gasteiger partial charge in [-0.25, -0.2) is 0 Å². The zero-order valence-corrected chi connectivity index (χ0v) is 9.78. The third-order valence-electron chi connectivity index (χ3n) is 2.29. The number of nitro benzene ring substituents is 1. The van der Waals surface area contributed by atoms with Crippen molar-refractivity contribution in [2.45, 2.75) is 19.1 Å². The monoisotopic (exact) mass is 251 g/mol. The lowest BCUT2D eigenvalue weighted by atomic mass is 10.0. The van der Waals surface area contributed by atoms with E-state index in [-0.39, 0.29) is 5.69 Å². The molecule has 1 rings (SSSR count). The molecule has 6 heteroatoms. The molecule has 1 N–H and O–H groups in total. The fraction of sp³-hybridized carbons (Fsp3) is 0.250. The van der Waals surface area contributed by atoms with Gasteiger partial charge in [-0.15, -0.1) is 0 Å². The van der Waals surface area contributed by atoms with Crippen molar-refractivity contribution < 1.29 is 19.6 Å². The van der Waals surface area contributed by atoms with Gasteiger partial charge >= 0.3 is 5.97 Å². The lowest BCUT2D eigenvalue weighted by Gasteiger charge is -2.19. The summed E-state index contributed by atoms with van der Waals surface area (Å²) in [4.78, 5) is 20.8. The Morgan fingerprint density at radius 2 is 2.06 bits per heavy atom. The average Bonchev–Trinajstić information content (AvgIpc) is 2.35. The average molecular weight is 251 g/mol. The zero-order valence-electron chi connectivity index (χ0n) is 9.78. The molecule has 0 spiro atoms. The van der Waals surface area contributed by atoms with Gasteiger partial charge in [0.25, 0.3) is 5.69 Å². The van der Waals surface area contributed by atoms with E-state index in [0.29, 0.717) is 5.56 Å². The minimum atomic E-state index is -1.10. The highest BCUT2D eigenvalue weighted by atomic mass is 16.6. The Hall–Kier alpha value is -2.21. The number of aliphatic hydroxyl groups excluding tert-OH is 1. The molecule has 1 aromatic rings. The molecule has 0 unspecified atom stereocenters. The van der Waals surface area contributed by atoms with E-state index in [1.54, 1.807) is 0 Å². The van der Waals surface area contributed by atoms with Crippen LogP contribution in [0.2, 0.25) is 0 Å². The number of hydrogen-bond donors (Lipinski definition) is 1. The molecule has 0 saturated heterocycles. The largest absolute Gasteiger partial charge is 0.455 e. The molecule has 0 aliphatic heterocycles. The van der Waals surface area contributed by atoms with E-state index in [4.69, 9.17) is 4.74 Å². The summed E-state index contributed by atoms with van der Waals surface area (Å²) in [7, 11) is 0. The fourth-order valence-corrected chi connectivity index (χ4v) is 1.42. The Balaban J connectivity index is 2.88. The molecule has 6 nitrogen and oxygen atoms in total. The number of rotatable bonds is 5. The molecule has 0 aliphatic carbocycles. The standard InChI is InChI=1S/C12H13NO5/c1-3-11(18-8(2)14)12(15)9-4-6-10(7-5-9)13(16)17/h3-7,11-12,15H,1H2,2H3/t11-,12-/m0/s1. The van der Waals surface area contributed by atoms with Gasteiger partial charge < -0.3 is 9.84 Å². The van der Waals surface area contributed by atoms with Gasteiger partial charge in [-0.2, -0.15) is 0 Å². The van der Waals surface area contributed by atoms with E-state index < -0.39 is 23.1 Å². The van der Waals surface area contributed by atoms with E-state index in [0.717, 1.165) is 0 Å². The summed E-state index contributed by atoms with van der Waals surface area (Å²) in [6.45, 7) is 4.68. The van der Waals surface area contributed by atoms with Gasteiger partial charge in [0.15, 0.2) is 0 Å². The Bertz CT molecular complexity index is 454. The minimum Gasteiger partial charge on any atom is -0.455 e. The van der Waals surface area contributed by atoms with Crippen molar-refractivity contribution in [3.8, 4) is 0 Å². The lowest BCUT2D eigenvalue weighted by molar-refractivity contribution is -0.384. The second-order valence-corrected chi connectivity index (χ2v) is 3.60. The van der Waals surface area contributed by atoms with Crippen LogP contribution in [0.4, 0.5) is 5.69 Å². The number of non-ortho nitro benzene ring substituents is 1. The molecule has 2 atom stereocenters. The van der Waals surface area contributed by atoms with Gasteiger partial charge in [0, 0.05) is 19.1 Å². The van der Waals surface area contributed by atoms with Crippen LogP contribution < -0.4 is 0 Å². The molecule has 0 amide bonds. The van der Waals surface area contributed by atoms with Crippen LogP contribution in [0, 0.1) is 10.1 Å². The third kappa shape index (κ3) is 3.39. The molecule has 0 saturated carbocycles. The maximum absolute atomic E-state index is 10.8. The van der Waals surface area contributed by atoms with Crippen LogP contribution in [0.3, 0.4) is 0 Å². The number of carbonyl (C=O) groups is 1. The Morgan fingerprint density at radius 3 is 2.44 bits per heavy atom. The van der Waals surface area contributed by atoms with Crippen molar-refractivity contribution >= 4 is 11.7 Å². The first-order chi connectivity index (χ1) is 8.45. The molecule has 0 bridgehead atoms. The molecule has 1 aromatic carbocycles. The first-order valence-corrected chi connectivity index (χ1v) is 5.18. The first kappa shape index (κ1) is 13.9. The molecule has 0 aromatic heterocycles. The summed E-state index contributed by atoms with van der Waals surface area (Å²) in [5.74, 6) is -0.541. The lowest BCUT2D eigenvalue weighted by Crippen LogP contribution is -2.22. The van der Waals surface area contributed by atoms with Crippen molar-refractivity contribution in [2.75, 3.05) is 0 Å². The second-order valence-electron chi connectivity index (χ2n) is 3.60. The summed E-state index contributed by atoms with van der Waals surface area (Å²) in [6.07, 6.45) is -0.691. The van der Waals surface area contributed by atoms with Gasteiger partial charge in [0.2, 0.25) is 0 Å². The van der Waals surface area contributed by atoms with Crippen LogP contribution in [0.15, 0.2) is 36.9 Å². The smallest absolute Gasteiger partial charge is 0.303 e. The molecule has 0 fully saturated rings. The van der Waals surface area contributed by atoms with Gasteiger partial charge in [-0.3, -0.25) is 14.9 Å². The number of nitrogens with zero attached hydrogens (tertiary/aromatic N) is 1. The van der Waals surface area contributed by atoms with Crippen molar-refractivity contribution in [2.24, 2.45) is 0 Å². The number of ether oxygens (including phenoxy) is 1. The fourth-order valence-electron chi connectivity index (χ4n) is 1.42. The number of carbonyl (C=O) groups excluding carboxylic acids is 1. The van der Waals surface area contributed by atoms with Crippen LogP contribution in [-0.4, -0.2) is 22.1 Å². The molecule has 0 radical (unpaired) electrons. The highest BCUT2D eigenvalue weighted by Gasteiger charge is 2.21. The molecule has 0 heterocycles. The van der Waals surface area contributed by atoms with Crippen LogP contribution in [0.1, 0.15) is 18.6 Å². The number of hydrogen-bond acceptors (Lipinski definition) is 5. The summed E-state index contributed by atoms with van der Waals surface area (Å²) in [6, 6.07) is 5.35. The predicted octanol–water partition coefficient (Wildman–Crippen LogP) is 1.75. The summed E-state index contributed by atoms with van der Waals surface area (Å²) in [5.41, 5.74) is 0.334. The summed E-state index contributed by atoms with van der Waals surface area (Å²) >= 11 is 0. The second kappa shape index (κ2) is 5.92. The van der Waals surface area contributed by atoms with Crippen LogP contribution in [0.5, 0.6) is 0 Å². The van der Waals surface area contributed by atoms with E-state index in [2.05, 4.69) is 6.58 Å². The van der Waals surface area contributed by atoms with Gasteiger partial charge in [0.05, 0.1) is 4.92 Å². The highest BCUT2D eigenvalue weighted by molar-refractivity contribution is 5.66. The highest BCUT2D eigenvalue weighted by Crippen LogP contribution is 2.22. The van der Waals surface area contributed by atoms with Gasteiger partial charge in [-0.1, -0.05) is 6.58 Å². The first-order valence-electron chi connectivity index (χ1n) is 5.18. The number of esters is 1. The van der Waals surface area contributed by atoms with Crippen molar-refractivity contribution in [1.82, 2.24) is 0 Å². The third-order valence-corrected chi connectivity index (χ3v) is 2.29. The Morgan fingerprint density at radius 1 is 1.50 bits per heavy atom. The maximum atomic E-state index is 10.8. The normalized spacial score (nSPS) is 13.4. The molecular formula is C12H13NO5. The van der Waals surface area contributed by atoms with Gasteiger partial charge in [-0.05, 0) is 23.8 Å². The van der Waals surface area contributed by atoms with E-state index in [1.807, 2.05) is 0 Å². The number of aliphatic hydroxyl groups is 1.